The van der Waals surface area contributed by atoms with Crippen molar-refractivity contribution in [3.05, 3.63) is 39.8 Å². The Labute approximate surface area is 185 Å². The number of carbonyl (C=O) groups is 2. The van der Waals surface area contributed by atoms with Crippen LogP contribution in [0.15, 0.2) is 18.2 Å². The van der Waals surface area contributed by atoms with Crippen LogP contribution >= 0.6 is 11.3 Å². The van der Waals surface area contributed by atoms with Gasteiger partial charge in [-0.3, -0.25) is 5.32 Å². The van der Waals surface area contributed by atoms with Crippen molar-refractivity contribution in [3.63, 3.8) is 0 Å². The van der Waals surface area contributed by atoms with Gasteiger partial charge in [0.15, 0.2) is 11.5 Å². The van der Waals surface area contributed by atoms with Crippen molar-refractivity contribution < 1.29 is 28.5 Å². The summed E-state index contributed by atoms with van der Waals surface area (Å²) in [6.07, 6.45) is 1.19. The summed E-state index contributed by atoms with van der Waals surface area (Å²) in [6.45, 7) is 4.76. The predicted octanol–water partition coefficient (Wildman–Crippen LogP) is 3.77. The molecule has 168 valence electrons. The molecule has 8 nitrogen and oxygen atoms in total. The average molecular weight is 449 g/mol. The molecule has 9 heteroatoms. The fourth-order valence-electron chi connectivity index (χ4n) is 3.46. The lowest BCUT2D eigenvalue weighted by Gasteiger charge is -2.30. The summed E-state index contributed by atoms with van der Waals surface area (Å²) in [6, 6.07) is 5.24. The smallest absolute Gasteiger partial charge is 0.341 e. The molecule has 1 aliphatic heterocycles. The van der Waals surface area contributed by atoms with Gasteiger partial charge in [-0.1, -0.05) is 6.07 Å². The topological polar surface area (TPSA) is 95.1 Å². The number of benzene rings is 1. The van der Waals surface area contributed by atoms with E-state index in [-0.39, 0.29) is 11.6 Å². The highest BCUT2D eigenvalue weighted by Crippen LogP contribution is 2.40. The molecular formula is C22H28N2O6S. The molecule has 2 amide bonds. The first kappa shape index (κ1) is 22.9. The maximum atomic E-state index is 12.5. The molecule has 1 aliphatic rings. The monoisotopic (exact) mass is 448 g/mol. The van der Waals surface area contributed by atoms with Crippen molar-refractivity contribution in [3.8, 4) is 11.5 Å². The third-order valence-corrected chi connectivity index (χ3v) is 6.17. The molecule has 0 radical (unpaired) electrons. The van der Waals surface area contributed by atoms with E-state index in [1.54, 1.807) is 14.2 Å². The van der Waals surface area contributed by atoms with Gasteiger partial charge in [0.25, 0.3) is 0 Å². The molecule has 0 spiro atoms. The van der Waals surface area contributed by atoms with Crippen LogP contribution in [-0.2, 0) is 28.9 Å². The van der Waals surface area contributed by atoms with E-state index >= 15 is 0 Å². The second kappa shape index (κ2) is 9.57. The fraction of sp³-hybridized carbons (Fsp3) is 0.455. The molecule has 0 saturated heterocycles. The van der Waals surface area contributed by atoms with Crippen LogP contribution in [0.3, 0.4) is 0 Å². The van der Waals surface area contributed by atoms with E-state index in [2.05, 4.69) is 10.6 Å². The van der Waals surface area contributed by atoms with Crippen LogP contribution in [0, 0.1) is 0 Å². The van der Waals surface area contributed by atoms with Gasteiger partial charge in [0.1, 0.15) is 5.00 Å². The summed E-state index contributed by atoms with van der Waals surface area (Å²) in [5, 5.41) is 6.11. The fourth-order valence-corrected chi connectivity index (χ4v) is 4.58. The van der Waals surface area contributed by atoms with Crippen LogP contribution in [0.4, 0.5) is 9.80 Å². The lowest BCUT2D eigenvalue weighted by molar-refractivity contribution is -0.0384. The largest absolute Gasteiger partial charge is 0.493 e. The van der Waals surface area contributed by atoms with Crippen molar-refractivity contribution >= 4 is 28.3 Å². The molecule has 0 atom stereocenters. The number of nitrogens with one attached hydrogen (secondary N) is 2. The number of methoxy groups -OCH3 is 3. The Morgan fingerprint density at radius 3 is 2.58 bits per heavy atom. The van der Waals surface area contributed by atoms with E-state index < -0.39 is 5.97 Å². The highest BCUT2D eigenvalue weighted by molar-refractivity contribution is 7.17. The predicted molar refractivity (Wildman–Crippen MR) is 119 cm³/mol. The highest BCUT2D eigenvalue weighted by Gasteiger charge is 2.34. The Balaban J connectivity index is 1.66. The van der Waals surface area contributed by atoms with Crippen LogP contribution in [0.2, 0.25) is 0 Å². The Hall–Kier alpha value is -2.78. The number of amides is 2. The van der Waals surface area contributed by atoms with Gasteiger partial charge in [-0.2, -0.15) is 0 Å². The van der Waals surface area contributed by atoms with Crippen LogP contribution in [0.25, 0.3) is 0 Å². The van der Waals surface area contributed by atoms with Crippen molar-refractivity contribution in [1.29, 1.82) is 0 Å². The van der Waals surface area contributed by atoms with Crippen molar-refractivity contribution in [2.45, 2.75) is 38.9 Å². The summed E-state index contributed by atoms with van der Waals surface area (Å²) < 4.78 is 21.3. The van der Waals surface area contributed by atoms with Crippen LogP contribution < -0.4 is 20.1 Å². The summed E-state index contributed by atoms with van der Waals surface area (Å²) in [5.41, 5.74) is 1.91. The molecule has 3 rings (SSSR count). The van der Waals surface area contributed by atoms with E-state index in [0.29, 0.717) is 48.1 Å². The quantitative estimate of drug-likeness (QED) is 0.626. The summed E-state index contributed by atoms with van der Waals surface area (Å²) in [7, 11) is 4.50. The van der Waals surface area contributed by atoms with Gasteiger partial charge >= 0.3 is 12.0 Å². The highest BCUT2D eigenvalue weighted by atomic mass is 32.1. The molecule has 0 unspecified atom stereocenters. The zero-order chi connectivity index (χ0) is 22.6. The number of urea groups is 1. The number of anilines is 1. The standard InChI is InChI=1S/C22H28N2O6S/c1-22(2)11-14-17(12-30-22)31-19(18(14)20(25)29-5)24-21(26)23-9-8-13-6-7-15(27-3)16(10-13)28-4/h6-7,10H,8-9,11-12H2,1-5H3,(H2,23,24,26). The lowest BCUT2D eigenvalue weighted by Crippen LogP contribution is -2.32. The maximum Gasteiger partial charge on any atom is 0.341 e. The molecule has 2 heterocycles. The van der Waals surface area contributed by atoms with E-state index in [9.17, 15) is 9.59 Å². The molecule has 0 saturated carbocycles. The van der Waals surface area contributed by atoms with Crippen LogP contribution in [0.5, 0.6) is 11.5 Å². The Morgan fingerprint density at radius 2 is 1.90 bits per heavy atom. The van der Waals surface area contributed by atoms with E-state index in [0.717, 1.165) is 16.0 Å². The first-order valence-corrected chi connectivity index (χ1v) is 10.7. The van der Waals surface area contributed by atoms with E-state index in [4.69, 9.17) is 18.9 Å². The number of esters is 1. The van der Waals surface area contributed by atoms with Crippen LogP contribution in [0.1, 0.15) is 40.2 Å². The second-order valence-electron chi connectivity index (χ2n) is 7.74. The molecular weight excluding hydrogens is 420 g/mol. The Bertz CT molecular complexity index is 969. The van der Waals surface area contributed by atoms with E-state index in [1.165, 1.54) is 18.4 Å². The van der Waals surface area contributed by atoms with Gasteiger partial charge in [0.2, 0.25) is 0 Å². The summed E-state index contributed by atoms with van der Waals surface area (Å²) in [5.74, 6) is 0.832. The van der Waals surface area contributed by atoms with Crippen molar-refractivity contribution in [2.75, 3.05) is 33.2 Å². The van der Waals surface area contributed by atoms with E-state index in [1.807, 2.05) is 32.0 Å². The SMILES string of the molecule is COC(=O)c1c(NC(=O)NCCc2ccc(OC)c(OC)c2)sc2c1CC(C)(C)OC2. The van der Waals surface area contributed by atoms with Gasteiger partial charge < -0.3 is 24.3 Å². The van der Waals surface area contributed by atoms with Gasteiger partial charge in [-0.15, -0.1) is 11.3 Å². The molecule has 1 aromatic heterocycles. The molecule has 31 heavy (non-hydrogen) atoms. The molecule has 1 aromatic carbocycles. The number of rotatable bonds is 7. The average Bonchev–Trinajstić information content (AvgIpc) is 3.08. The zero-order valence-corrected chi connectivity index (χ0v) is 19.2. The second-order valence-corrected chi connectivity index (χ2v) is 8.85. The third kappa shape index (κ3) is 5.29. The van der Waals surface area contributed by atoms with Crippen LogP contribution in [-0.4, -0.2) is 45.5 Å². The summed E-state index contributed by atoms with van der Waals surface area (Å²) >= 11 is 1.35. The number of hydrogen-bond acceptors (Lipinski definition) is 7. The minimum atomic E-state index is -0.462. The first-order valence-electron chi connectivity index (χ1n) is 9.90. The van der Waals surface area contributed by atoms with Gasteiger partial charge in [0, 0.05) is 17.8 Å². The normalized spacial score (nSPS) is 14.4. The first-order chi connectivity index (χ1) is 14.8. The minimum Gasteiger partial charge on any atom is -0.493 e. The van der Waals surface area contributed by atoms with Gasteiger partial charge in [-0.05, 0) is 43.5 Å². The minimum absolute atomic E-state index is 0.379. The number of fused-ring (bicyclic) bond motifs is 1. The number of thiophene rings is 1. The van der Waals surface area contributed by atoms with Gasteiger partial charge in [-0.25, -0.2) is 9.59 Å². The number of ether oxygens (including phenoxy) is 4. The molecule has 0 aliphatic carbocycles. The van der Waals surface area contributed by atoms with Gasteiger partial charge in [0.05, 0.1) is 39.1 Å². The Morgan fingerprint density at radius 1 is 1.16 bits per heavy atom. The molecule has 2 N–H and O–H groups in total. The summed E-state index contributed by atoms with van der Waals surface area (Å²) in [4.78, 5) is 25.8. The number of hydrogen-bond donors (Lipinski definition) is 2. The Kier molecular flexibility index (Phi) is 7.07. The lowest BCUT2D eigenvalue weighted by atomic mass is 9.93. The molecule has 0 fully saturated rings. The zero-order valence-electron chi connectivity index (χ0n) is 18.4. The number of carbonyl (C=O) groups excluding carboxylic acids is 2. The molecule has 2 aromatic rings. The molecule has 0 bridgehead atoms. The third-order valence-electron chi connectivity index (χ3n) is 5.05. The van der Waals surface area contributed by atoms with Crippen molar-refractivity contribution in [1.82, 2.24) is 5.32 Å². The van der Waals surface area contributed by atoms with Crippen molar-refractivity contribution in [2.24, 2.45) is 0 Å². The maximum absolute atomic E-state index is 12.5.